The third-order valence-electron chi connectivity index (χ3n) is 3.29. The standard InChI is InChI=1S/C16H18N4O/c1-21-9-8-20-12-15(11-18-20)17-10-14-7-6-13-4-2-3-5-16(13)19-14/h2-7,11-12,17H,8-10H2,1H3. The number of benzene rings is 1. The maximum Gasteiger partial charge on any atom is 0.0729 e. The monoisotopic (exact) mass is 282 g/mol. The Hall–Kier alpha value is -2.40. The Labute approximate surface area is 123 Å². The van der Waals surface area contributed by atoms with Gasteiger partial charge in [-0.25, -0.2) is 0 Å². The van der Waals surface area contributed by atoms with Crippen molar-refractivity contribution in [3.05, 3.63) is 54.5 Å². The molecule has 0 amide bonds. The molecule has 108 valence electrons. The van der Waals surface area contributed by atoms with Crippen molar-refractivity contribution < 1.29 is 4.74 Å². The maximum atomic E-state index is 5.03. The molecular formula is C16H18N4O. The van der Waals surface area contributed by atoms with E-state index in [-0.39, 0.29) is 0 Å². The molecule has 0 fully saturated rings. The lowest BCUT2D eigenvalue weighted by atomic mass is 10.2. The molecule has 0 bridgehead atoms. The van der Waals surface area contributed by atoms with E-state index in [4.69, 9.17) is 4.74 Å². The second kappa shape index (κ2) is 6.37. The van der Waals surface area contributed by atoms with E-state index in [9.17, 15) is 0 Å². The number of nitrogens with one attached hydrogen (secondary N) is 1. The van der Waals surface area contributed by atoms with Gasteiger partial charge in [-0.3, -0.25) is 9.67 Å². The molecule has 0 saturated heterocycles. The van der Waals surface area contributed by atoms with Crippen molar-refractivity contribution in [3.8, 4) is 0 Å². The van der Waals surface area contributed by atoms with Crippen LogP contribution in [0.4, 0.5) is 5.69 Å². The van der Waals surface area contributed by atoms with Crippen molar-refractivity contribution in [1.82, 2.24) is 14.8 Å². The van der Waals surface area contributed by atoms with Crippen LogP contribution in [0.15, 0.2) is 48.8 Å². The van der Waals surface area contributed by atoms with Crippen LogP contribution in [-0.2, 0) is 17.8 Å². The average molecular weight is 282 g/mol. The minimum absolute atomic E-state index is 0.660. The summed E-state index contributed by atoms with van der Waals surface area (Å²) in [5.41, 5.74) is 3.02. The molecule has 5 heteroatoms. The fourth-order valence-corrected chi connectivity index (χ4v) is 2.16. The highest BCUT2D eigenvalue weighted by Gasteiger charge is 2.01. The van der Waals surface area contributed by atoms with Crippen molar-refractivity contribution >= 4 is 16.6 Å². The Morgan fingerprint density at radius 1 is 1.19 bits per heavy atom. The summed E-state index contributed by atoms with van der Waals surface area (Å²) in [5, 5.41) is 8.77. The zero-order chi connectivity index (χ0) is 14.5. The molecule has 1 N–H and O–H groups in total. The summed E-state index contributed by atoms with van der Waals surface area (Å²) < 4.78 is 6.89. The largest absolute Gasteiger partial charge is 0.383 e. The van der Waals surface area contributed by atoms with Crippen molar-refractivity contribution in [3.63, 3.8) is 0 Å². The number of pyridine rings is 1. The number of para-hydroxylation sites is 1. The Morgan fingerprint density at radius 3 is 3.00 bits per heavy atom. The smallest absolute Gasteiger partial charge is 0.0729 e. The van der Waals surface area contributed by atoms with Gasteiger partial charge in [-0.05, 0) is 12.1 Å². The second-order valence-corrected chi connectivity index (χ2v) is 4.83. The Kier molecular flexibility index (Phi) is 4.12. The molecule has 3 rings (SSSR count). The number of nitrogens with zero attached hydrogens (tertiary/aromatic N) is 3. The fourth-order valence-electron chi connectivity index (χ4n) is 2.16. The topological polar surface area (TPSA) is 52.0 Å². The van der Waals surface area contributed by atoms with Crippen LogP contribution in [0.5, 0.6) is 0 Å². The first-order valence-electron chi connectivity index (χ1n) is 6.95. The Morgan fingerprint density at radius 2 is 2.10 bits per heavy atom. The molecule has 0 saturated carbocycles. The molecule has 3 aromatic rings. The molecule has 5 nitrogen and oxygen atoms in total. The van der Waals surface area contributed by atoms with E-state index in [1.165, 1.54) is 0 Å². The van der Waals surface area contributed by atoms with Crippen molar-refractivity contribution in [2.24, 2.45) is 0 Å². The first-order valence-corrected chi connectivity index (χ1v) is 6.95. The number of fused-ring (bicyclic) bond motifs is 1. The number of ether oxygens (including phenoxy) is 1. The molecule has 2 aromatic heterocycles. The molecule has 1 aromatic carbocycles. The van der Waals surface area contributed by atoms with Gasteiger partial charge in [-0.15, -0.1) is 0 Å². The van der Waals surface area contributed by atoms with Gasteiger partial charge >= 0.3 is 0 Å². The predicted octanol–water partition coefficient (Wildman–Crippen LogP) is 2.69. The van der Waals surface area contributed by atoms with Crippen molar-refractivity contribution in [2.45, 2.75) is 13.1 Å². The average Bonchev–Trinajstić information content (AvgIpc) is 2.98. The molecule has 0 atom stereocenters. The van der Waals surface area contributed by atoms with Crippen LogP contribution < -0.4 is 5.32 Å². The highest BCUT2D eigenvalue weighted by atomic mass is 16.5. The summed E-state index contributed by atoms with van der Waals surface area (Å²) >= 11 is 0. The number of methoxy groups -OCH3 is 1. The summed E-state index contributed by atoms with van der Waals surface area (Å²) in [6, 6.07) is 12.3. The van der Waals surface area contributed by atoms with E-state index in [1.54, 1.807) is 7.11 Å². The molecule has 0 aliphatic rings. The van der Waals surface area contributed by atoms with Crippen LogP contribution in [0.25, 0.3) is 10.9 Å². The second-order valence-electron chi connectivity index (χ2n) is 4.83. The number of anilines is 1. The van der Waals surface area contributed by atoms with Gasteiger partial charge in [-0.1, -0.05) is 24.3 Å². The lowest BCUT2D eigenvalue weighted by molar-refractivity contribution is 0.183. The normalized spacial score (nSPS) is 10.9. The number of rotatable bonds is 6. The molecule has 21 heavy (non-hydrogen) atoms. The van der Waals surface area contributed by atoms with Gasteiger partial charge in [0, 0.05) is 18.7 Å². The molecule has 0 unspecified atom stereocenters. The SMILES string of the molecule is COCCn1cc(NCc2ccc3ccccc3n2)cn1. The zero-order valence-corrected chi connectivity index (χ0v) is 12.0. The highest BCUT2D eigenvalue weighted by Crippen LogP contribution is 2.13. The van der Waals surface area contributed by atoms with Crippen LogP contribution >= 0.6 is 0 Å². The lowest BCUT2D eigenvalue weighted by Gasteiger charge is -2.04. The Bertz CT molecular complexity index is 723. The van der Waals surface area contributed by atoms with Gasteiger partial charge in [0.15, 0.2) is 0 Å². The van der Waals surface area contributed by atoms with E-state index >= 15 is 0 Å². The minimum atomic E-state index is 0.660. The predicted molar refractivity (Wildman–Crippen MR) is 83.2 cm³/mol. The van der Waals surface area contributed by atoms with Gasteiger partial charge in [0.05, 0.1) is 42.8 Å². The third-order valence-corrected chi connectivity index (χ3v) is 3.29. The summed E-state index contributed by atoms with van der Waals surface area (Å²) in [6.07, 6.45) is 3.79. The highest BCUT2D eigenvalue weighted by molar-refractivity contribution is 5.78. The maximum absolute atomic E-state index is 5.03. The third kappa shape index (κ3) is 3.38. The van der Waals surface area contributed by atoms with E-state index in [1.807, 2.05) is 41.3 Å². The zero-order valence-electron chi connectivity index (χ0n) is 12.0. The van der Waals surface area contributed by atoms with Gasteiger partial charge in [-0.2, -0.15) is 5.10 Å². The summed E-state index contributed by atoms with van der Waals surface area (Å²) in [7, 11) is 1.69. The van der Waals surface area contributed by atoms with Crippen LogP contribution in [0.2, 0.25) is 0 Å². The summed E-state index contributed by atoms with van der Waals surface area (Å²) in [6.45, 7) is 2.10. The van der Waals surface area contributed by atoms with Crippen LogP contribution in [0.3, 0.4) is 0 Å². The van der Waals surface area contributed by atoms with Crippen molar-refractivity contribution in [2.75, 3.05) is 19.0 Å². The number of aromatic nitrogens is 3. The molecule has 0 radical (unpaired) electrons. The Balaban J connectivity index is 1.64. The van der Waals surface area contributed by atoms with E-state index in [2.05, 4.69) is 27.5 Å². The quantitative estimate of drug-likeness (QED) is 0.755. The van der Waals surface area contributed by atoms with Gasteiger partial charge in [0.2, 0.25) is 0 Å². The first kappa shape index (κ1) is 13.6. The van der Waals surface area contributed by atoms with Gasteiger partial charge in [0.1, 0.15) is 0 Å². The first-order chi connectivity index (χ1) is 10.3. The molecule has 0 aliphatic carbocycles. The molecular weight excluding hydrogens is 264 g/mol. The molecule has 2 heterocycles. The fraction of sp³-hybridized carbons (Fsp3) is 0.250. The van der Waals surface area contributed by atoms with Crippen LogP contribution in [0, 0.1) is 0 Å². The number of hydrogen-bond donors (Lipinski definition) is 1. The van der Waals surface area contributed by atoms with Gasteiger partial charge in [0.25, 0.3) is 0 Å². The van der Waals surface area contributed by atoms with E-state index in [0.717, 1.165) is 28.8 Å². The van der Waals surface area contributed by atoms with Gasteiger partial charge < -0.3 is 10.1 Å². The van der Waals surface area contributed by atoms with Crippen LogP contribution in [-0.4, -0.2) is 28.5 Å². The summed E-state index contributed by atoms with van der Waals surface area (Å²) in [4.78, 5) is 4.64. The van der Waals surface area contributed by atoms with E-state index in [0.29, 0.717) is 13.2 Å². The minimum Gasteiger partial charge on any atom is -0.383 e. The lowest BCUT2D eigenvalue weighted by Crippen LogP contribution is -2.04. The van der Waals surface area contributed by atoms with Crippen molar-refractivity contribution in [1.29, 1.82) is 0 Å². The van der Waals surface area contributed by atoms with E-state index < -0.39 is 0 Å². The molecule has 0 aliphatic heterocycles. The summed E-state index contributed by atoms with van der Waals surface area (Å²) in [5.74, 6) is 0. The molecule has 0 spiro atoms. The van der Waals surface area contributed by atoms with Crippen LogP contribution in [0.1, 0.15) is 5.69 Å². The number of hydrogen-bond acceptors (Lipinski definition) is 4.